The molecule has 2 fully saturated rings. The molecule has 0 saturated heterocycles. The molecule has 0 amide bonds. The van der Waals surface area contributed by atoms with Gasteiger partial charge in [-0.05, 0) is 35.7 Å². The molecule has 1 heteroatoms. The van der Waals surface area contributed by atoms with E-state index in [0.29, 0.717) is 22.3 Å². The van der Waals surface area contributed by atoms with Crippen LogP contribution in [-0.4, -0.2) is 6.04 Å². The van der Waals surface area contributed by atoms with Crippen molar-refractivity contribution in [1.29, 1.82) is 0 Å². The second-order valence-electron chi connectivity index (χ2n) is 6.80. The van der Waals surface area contributed by atoms with Gasteiger partial charge in [-0.15, -0.1) is 0 Å². The van der Waals surface area contributed by atoms with Gasteiger partial charge in [0.25, 0.3) is 0 Å². The number of fused-ring (bicyclic) bond motifs is 2. The van der Waals surface area contributed by atoms with Gasteiger partial charge in [0, 0.05) is 11.5 Å². The molecule has 0 radical (unpaired) electrons. The molecule has 0 aromatic heterocycles. The van der Waals surface area contributed by atoms with Crippen molar-refractivity contribution < 1.29 is 0 Å². The van der Waals surface area contributed by atoms with Crippen LogP contribution in [0.5, 0.6) is 0 Å². The Hall–Kier alpha value is -0.820. The van der Waals surface area contributed by atoms with Gasteiger partial charge >= 0.3 is 0 Å². The Balaban J connectivity index is 2.17. The maximum atomic E-state index is 6.45. The van der Waals surface area contributed by atoms with Crippen LogP contribution < -0.4 is 5.73 Å². The largest absolute Gasteiger partial charge is 0.327 e. The summed E-state index contributed by atoms with van der Waals surface area (Å²) in [5.41, 5.74) is 8.88. The lowest BCUT2D eigenvalue weighted by Crippen LogP contribution is -2.41. The predicted molar refractivity (Wildman–Crippen MR) is 71.8 cm³/mol. The summed E-state index contributed by atoms with van der Waals surface area (Å²) < 4.78 is 0. The van der Waals surface area contributed by atoms with Crippen molar-refractivity contribution in [3.8, 4) is 0 Å². The Kier molecular flexibility index (Phi) is 2.08. The minimum absolute atomic E-state index is 0.306. The quantitative estimate of drug-likeness (QED) is 0.784. The Morgan fingerprint density at radius 2 is 1.71 bits per heavy atom. The fraction of sp³-hybridized carbons (Fsp3) is 0.625. The topological polar surface area (TPSA) is 26.0 Å². The van der Waals surface area contributed by atoms with Crippen molar-refractivity contribution in [2.24, 2.45) is 16.6 Å². The van der Waals surface area contributed by atoms with Crippen LogP contribution >= 0.6 is 0 Å². The van der Waals surface area contributed by atoms with Crippen LogP contribution in [-0.2, 0) is 5.41 Å². The first-order valence-electron chi connectivity index (χ1n) is 6.75. The molecule has 0 aliphatic heterocycles. The number of nitrogens with two attached hydrogens (primary N) is 1. The summed E-state index contributed by atoms with van der Waals surface area (Å²) in [5.74, 6) is 0. The summed E-state index contributed by atoms with van der Waals surface area (Å²) in [7, 11) is 0. The summed E-state index contributed by atoms with van der Waals surface area (Å²) in [6.45, 7) is 7.26. The molecule has 17 heavy (non-hydrogen) atoms. The van der Waals surface area contributed by atoms with Gasteiger partial charge in [0.05, 0.1) is 0 Å². The summed E-state index contributed by atoms with van der Waals surface area (Å²) in [6, 6.07) is 11.4. The van der Waals surface area contributed by atoms with E-state index in [4.69, 9.17) is 5.73 Å². The van der Waals surface area contributed by atoms with Gasteiger partial charge in [0.2, 0.25) is 0 Å². The zero-order chi connectivity index (χ0) is 12.3. The van der Waals surface area contributed by atoms with Gasteiger partial charge in [-0.1, -0.05) is 51.1 Å². The Morgan fingerprint density at radius 1 is 1.06 bits per heavy atom. The van der Waals surface area contributed by atoms with Gasteiger partial charge < -0.3 is 5.73 Å². The Labute approximate surface area is 104 Å². The molecule has 0 spiro atoms. The minimum Gasteiger partial charge on any atom is -0.327 e. The highest BCUT2D eigenvalue weighted by Crippen LogP contribution is 2.71. The SMILES string of the molecule is CC1(C)[C@]2(c3ccccc3)CC[C@@]1(C)[C@@H](N)C2. The standard InChI is InChI=1S/C16H23N/c1-14(2)15(3)9-10-16(14,11-13(15)17)12-7-5-4-6-8-12/h4-8,13H,9-11,17H2,1-3H3/t13-,15-,16+/m0/s1. The first-order valence-corrected chi connectivity index (χ1v) is 6.75. The van der Waals surface area contributed by atoms with E-state index in [1.807, 2.05) is 0 Å². The van der Waals surface area contributed by atoms with E-state index in [9.17, 15) is 0 Å². The van der Waals surface area contributed by atoms with Crippen LogP contribution in [0, 0.1) is 10.8 Å². The zero-order valence-corrected chi connectivity index (χ0v) is 11.2. The lowest BCUT2D eigenvalue weighted by Gasteiger charge is -2.42. The van der Waals surface area contributed by atoms with E-state index >= 15 is 0 Å². The van der Waals surface area contributed by atoms with Crippen molar-refractivity contribution in [2.75, 3.05) is 0 Å². The van der Waals surface area contributed by atoms with Crippen LogP contribution in [0.4, 0.5) is 0 Å². The highest BCUT2D eigenvalue weighted by atomic mass is 14.8. The lowest BCUT2D eigenvalue weighted by atomic mass is 9.62. The smallest absolute Gasteiger partial charge is 0.0107 e. The number of rotatable bonds is 1. The first-order chi connectivity index (χ1) is 7.94. The molecular formula is C16H23N. The molecule has 2 saturated carbocycles. The molecule has 1 nitrogen and oxygen atoms in total. The molecule has 2 N–H and O–H groups in total. The molecule has 3 atom stereocenters. The van der Waals surface area contributed by atoms with E-state index in [1.54, 1.807) is 0 Å². The molecule has 0 unspecified atom stereocenters. The van der Waals surface area contributed by atoms with Crippen LogP contribution in [0.25, 0.3) is 0 Å². The van der Waals surface area contributed by atoms with E-state index in [-0.39, 0.29) is 0 Å². The lowest BCUT2D eigenvalue weighted by molar-refractivity contribution is 0.123. The van der Waals surface area contributed by atoms with Crippen LogP contribution in [0.3, 0.4) is 0 Å². The number of benzene rings is 1. The maximum Gasteiger partial charge on any atom is 0.0107 e. The molecule has 2 aliphatic rings. The fourth-order valence-electron chi connectivity index (χ4n) is 4.63. The molecular weight excluding hydrogens is 206 g/mol. The van der Waals surface area contributed by atoms with Crippen molar-refractivity contribution in [2.45, 2.75) is 51.5 Å². The molecule has 3 rings (SSSR count). The number of hydrogen-bond donors (Lipinski definition) is 1. The highest BCUT2D eigenvalue weighted by Gasteiger charge is 2.68. The summed E-state index contributed by atoms with van der Waals surface area (Å²) in [6.07, 6.45) is 3.73. The fourth-order valence-corrected chi connectivity index (χ4v) is 4.63. The first kappa shape index (κ1) is 11.3. The molecule has 1 aromatic rings. The average Bonchev–Trinajstić information content (AvgIpc) is 2.61. The highest BCUT2D eigenvalue weighted by molar-refractivity contribution is 5.37. The summed E-state index contributed by atoms with van der Waals surface area (Å²) in [4.78, 5) is 0. The van der Waals surface area contributed by atoms with E-state index in [0.717, 1.165) is 6.42 Å². The van der Waals surface area contributed by atoms with Gasteiger partial charge in [-0.3, -0.25) is 0 Å². The summed E-state index contributed by atoms with van der Waals surface area (Å²) >= 11 is 0. The third-order valence-electron chi connectivity index (χ3n) is 6.41. The third-order valence-corrected chi connectivity index (χ3v) is 6.41. The van der Waals surface area contributed by atoms with Crippen LogP contribution in [0.2, 0.25) is 0 Å². The van der Waals surface area contributed by atoms with Gasteiger partial charge in [-0.25, -0.2) is 0 Å². The average molecular weight is 229 g/mol. The second kappa shape index (κ2) is 3.14. The predicted octanol–water partition coefficient (Wildman–Crippen LogP) is 3.48. The monoisotopic (exact) mass is 229 g/mol. The zero-order valence-electron chi connectivity index (χ0n) is 11.2. The van der Waals surface area contributed by atoms with Crippen molar-refractivity contribution in [3.63, 3.8) is 0 Å². The van der Waals surface area contributed by atoms with Crippen LogP contribution in [0.1, 0.15) is 45.6 Å². The van der Waals surface area contributed by atoms with E-state index < -0.39 is 0 Å². The van der Waals surface area contributed by atoms with Crippen molar-refractivity contribution >= 4 is 0 Å². The Bertz CT molecular complexity index is 436. The number of hydrogen-bond acceptors (Lipinski definition) is 1. The molecule has 92 valence electrons. The minimum atomic E-state index is 0.306. The molecule has 1 aromatic carbocycles. The van der Waals surface area contributed by atoms with Crippen molar-refractivity contribution in [1.82, 2.24) is 0 Å². The van der Waals surface area contributed by atoms with Crippen molar-refractivity contribution in [3.05, 3.63) is 35.9 Å². The van der Waals surface area contributed by atoms with E-state index in [2.05, 4.69) is 51.1 Å². The third kappa shape index (κ3) is 1.09. The summed E-state index contributed by atoms with van der Waals surface area (Å²) in [5, 5.41) is 0. The van der Waals surface area contributed by atoms with Crippen LogP contribution in [0.15, 0.2) is 30.3 Å². The molecule has 2 bridgehead atoms. The van der Waals surface area contributed by atoms with Gasteiger partial charge in [0.15, 0.2) is 0 Å². The van der Waals surface area contributed by atoms with Gasteiger partial charge in [-0.2, -0.15) is 0 Å². The molecule has 0 heterocycles. The molecule has 2 aliphatic carbocycles. The normalized spacial score (nSPS) is 42.9. The maximum absolute atomic E-state index is 6.45. The van der Waals surface area contributed by atoms with Gasteiger partial charge in [0.1, 0.15) is 0 Å². The van der Waals surface area contributed by atoms with E-state index in [1.165, 1.54) is 18.4 Å². The second-order valence-corrected chi connectivity index (χ2v) is 6.80. The Morgan fingerprint density at radius 3 is 2.18 bits per heavy atom.